The molecule has 3 rings (SSSR count). The quantitative estimate of drug-likeness (QED) is 0.488. The molecule has 134 valence electrons. The Morgan fingerprint density at radius 1 is 1.31 bits per heavy atom. The minimum atomic E-state index is -0.593. The second-order valence-corrected chi connectivity index (χ2v) is 6.10. The van der Waals surface area contributed by atoms with Crippen molar-refractivity contribution >= 4 is 17.9 Å². The SMILES string of the molecule is O=Cc1cc([N+](=O)[O-])ccc1OCC(=O)N[C@H]1CCCc2ccccc21. The number of nitro groups is 1. The number of aldehydes is 1. The van der Waals surface area contributed by atoms with Gasteiger partial charge in [-0.15, -0.1) is 0 Å². The van der Waals surface area contributed by atoms with Crippen LogP contribution in [0.4, 0.5) is 5.69 Å². The number of hydrogen-bond acceptors (Lipinski definition) is 5. The molecule has 0 aliphatic heterocycles. The molecule has 1 aliphatic rings. The zero-order valence-corrected chi connectivity index (χ0v) is 14.0. The molecule has 0 heterocycles. The van der Waals surface area contributed by atoms with Gasteiger partial charge in [0.05, 0.1) is 16.5 Å². The van der Waals surface area contributed by atoms with Crippen molar-refractivity contribution < 1.29 is 19.2 Å². The zero-order valence-electron chi connectivity index (χ0n) is 14.0. The lowest BCUT2D eigenvalue weighted by molar-refractivity contribution is -0.384. The molecule has 1 aliphatic carbocycles. The lowest BCUT2D eigenvalue weighted by Crippen LogP contribution is -2.34. The number of amides is 1. The van der Waals surface area contributed by atoms with Gasteiger partial charge in [0.2, 0.25) is 0 Å². The highest BCUT2D eigenvalue weighted by atomic mass is 16.6. The number of benzene rings is 2. The summed E-state index contributed by atoms with van der Waals surface area (Å²) >= 11 is 0. The standard InChI is InChI=1S/C19H18N2O5/c22-11-14-10-15(21(24)25)8-9-18(14)26-12-19(23)20-17-7-3-5-13-4-1-2-6-16(13)17/h1-2,4,6,8-11,17H,3,5,7,12H2,(H,20,23)/t17-/m0/s1. The van der Waals surface area contributed by atoms with Crippen molar-refractivity contribution in [3.8, 4) is 5.75 Å². The highest BCUT2D eigenvalue weighted by molar-refractivity contribution is 5.82. The minimum Gasteiger partial charge on any atom is -0.483 e. The third kappa shape index (κ3) is 3.88. The largest absolute Gasteiger partial charge is 0.483 e. The van der Waals surface area contributed by atoms with E-state index in [9.17, 15) is 19.7 Å². The molecule has 0 saturated heterocycles. The number of non-ortho nitro benzene ring substituents is 1. The Labute approximate surface area is 150 Å². The summed E-state index contributed by atoms with van der Waals surface area (Å²) in [6.07, 6.45) is 3.34. The molecule has 0 bridgehead atoms. The van der Waals surface area contributed by atoms with Crippen molar-refractivity contribution in [2.24, 2.45) is 0 Å². The van der Waals surface area contributed by atoms with Gasteiger partial charge in [0.1, 0.15) is 5.75 Å². The average molecular weight is 354 g/mol. The van der Waals surface area contributed by atoms with Gasteiger partial charge in [-0.05, 0) is 36.5 Å². The lowest BCUT2D eigenvalue weighted by Gasteiger charge is -2.26. The van der Waals surface area contributed by atoms with Crippen LogP contribution in [0.2, 0.25) is 0 Å². The van der Waals surface area contributed by atoms with Crippen LogP contribution in [-0.4, -0.2) is 23.7 Å². The molecule has 0 unspecified atom stereocenters. The smallest absolute Gasteiger partial charge is 0.270 e. The minimum absolute atomic E-state index is 0.0370. The first-order chi connectivity index (χ1) is 12.6. The van der Waals surface area contributed by atoms with Crippen molar-refractivity contribution in [1.82, 2.24) is 5.32 Å². The Morgan fingerprint density at radius 2 is 2.12 bits per heavy atom. The molecule has 7 heteroatoms. The van der Waals surface area contributed by atoms with E-state index in [0.717, 1.165) is 30.9 Å². The molecule has 0 fully saturated rings. The van der Waals surface area contributed by atoms with E-state index in [0.29, 0.717) is 6.29 Å². The molecule has 0 radical (unpaired) electrons. The molecule has 1 N–H and O–H groups in total. The van der Waals surface area contributed by atoms with Crippen molar-refractivity contribution in [1.29, 1.82) is 0 Å². The lowest BCUT2D eigenvalue weighted by atomic mass is 9.88. The van der Waals surface area contributed by atoms with Gasteiger partial charge in [-0.3, -0.25) is 19.7 Å². The van der Waals surface area contributed by atoms with E-state index in [-0.39, 0.29) is 35.6 Å². The Bertz CT molecular complexity index is 850. The number of carbonyl (C=O) groups excluding carboxylic acids is 2. The number of nitrogens with zero attached hydrogens (tertiary/aromatic N) is 1. The van der Waals surface area contributed by atoms with Crippen LogP contribution in [0.5, 0.6) is 5.75 Å². The van der Waals surface area contributed by atoms with Gasteiger partial charge in [-0.1, -0.05) is 24.3 Å². The summed E-state index contributed by atoms with van der Waals surface area (Å²) in [5.74, 6) is -0.160. The first-order valence-corrected chi connectivity index (χ1v) is 8.32. The monoisotopic (exact) mass is 354 g/mol. The maximum atomic E-state index is 12.2. The molecular weight excluding hydrogens is 336 g/mol. The highest BCUT2D eigenvalue weighted by Crippen LogP contribution is 2.29. The van der Waals surface area contributed by atoms with Crippen LogP contribution in [0.1, 0.15) is 40.4 Å². The number of carbonyl (C=O) groups is 2. The number of hydrogen-bond donors (Lipinski definition) is 1. The first-order valence-electron chi connectivity index (χ1n) is 8.32. The van der Waals surface area contributed by atoms with E-state index in [1.165, 1.54) is 17.7 Å². The second-order valence-electron chi connectivity index (χ2n) is 6.10. The second kappa shape index (κ2) is 7.77. The predicted octanol–water partition coefficient (Wildman–Crippen LogP) is 2.98. The van der Waals surface area contributed by atoms with Gasteiger partial charge in [-0.25, -0.2) is 0 Å². The van der Waals surface area contributed by atoms with Gasteiger partial charge in [0.25, 0.3) is 11.6 Å². The van der Waals surface area contributed by atoms with Gasteiger partial charge in [-0.2, -0.15) is 0 Å². The van der Waals surface area contributed by atoms with E-state index < -0.39 is 4.92 Å². The molecule has 2 aromatic rings. The van der Waals surface area contributed by atoms with Crippen molar-refractivity contribution in [2.45, 2.75) is 25.3 Å². The van der Waals surface area contributed by atoms with E-state index in [1.807, 2.05) is 18.2 Å². The number of aryl methyl sites for hydroxylation is 1. The van der Waals surface area contributed by atoms with Crippen LogP contribution in [0.25, 0.3) is 0 Å². The molecule has 0 aromatic heterocycles. The van der Waals surface area contributed by atoms with Crippen LogP contribution in [0.3, 0.4) is 0 Å². The Kier molecular flexibility index (Phi) is 5.26. The van der Waals surface area contributed by atoms with Gasteiger partial charge in [0, 0.05) is 12.1 Å². The highest BCUT2D eigenvalue weighted by Gasteiger charge is 2.21. The Hall–Kier alpha value is -3.22. The van der Waals surface area contributed by atoms with Gasteiger partial charge < -0.3 is 10.1 Å². The molecular formula is C19H18N2O5. The summed E-state index contributed by atoms with van der Waals surface area (Å²) in [5, 5.41) is 13.7. The van der Waals surface area contributed by atoms with Gasteiger partial charge >= 0.3 is 0 Å². The number of ether oxygens (including phenoxy) is 1. The van der Waals surface area contributed by atoms with Crippen molar-refractivity contribution in [2.75, 3.05) is 6.61 Å². The predicted molar refractivity (Wildman–Crippen MR) is 94.2 cm³/mol. The van der Waals surface area contributed by atoms with Crippen LogP contribution >= 0.6 is 0 Å². The molecule has 1 amide bonds. The third-order valence-electron chi connectivity index (χ3n) is 4.39. The molecule has 0 saturated carbocycles. The van der Waals surface area contributed by atoms with E-state index >= 15 is 0 Å². The summed E-state index contributed by atoms with van der Waals surface area (Å²) in [4.78, 5) is 33.5. The fraction of sp³-hybridized carbons (Fsp3) is 0.263. The molecule has 0 spiro atoms. The van der Waals surface area contributed by atoms with E-state index in [2.05, 4.69) is 11.4 Å². The Morgan fingerprint density at radius 3 is 2.88 bits per heavy atom. The van der Waals surface area contributed by atoms with E-state index in [4.69, 9.17) is 4.74 Å². The molecule has 7 nitrogen and oxygen atoms in total. The van der Waals surface area contributed by atoms with E-state index in [1.54, 1.807) is 0 Å². The maximum absolute atomic E-state index is 12.2. The number of nitrogens with one attached hydrogen (secondary N) is 1. The van der Waals surface area contributed by atoms with Crippen molar-refractivity contribution in [3.05, 3.63) is 69.3 Å². The number of nitro benzene ring substituents is 1. The Balaban J connectivity index is 1.63. The van der Waals surface area contributed by atoms with Crippen molar-refractivity contribution in [3.63, 3.8) is 0 Å². The normalized spacial score (nSPS) is 15.6. The molecule has 2 aromatic carbocycles. The van der Waals surface area contributed by atoms with Crippen LogP contribution in [-0.2, 0) is 11.2 Å². The summed E-state index contributed by atoms with van der Waals surface area (Å²) < 4.78 is 5.39. The van der Waals surface area contributed by atoms with Crippen LogP contribution in [0.15, 0.2) is 42.5 Å². The fourth-order valence-corrected chi connectivity index (χ4v) is 3.16. The summed E-state index contributed by atoms with van der Waals surface area (Å²) in [7, 11) is 0. The molecule has 1 atom stereocenters. The van der Waals surface area contributed by atoms with Gasteiger partial charge in [0.15, 0.2) is 12.9 Å². The molecule has 26 heavy (non-hydrogen) atoms. The zero-order chi connectivity index (χ0) is 18.5. The summed E-state index contributed by atoms with van der Waals surface area (Å²) in [6.45, 7) is -0.267. The maximum Gasteiger partial charge on any atom is 0.270 e. The van der Waals surface area contributed by atoms with Crippen LogP contribution in [0, 0.1) is 10.1 Å². The summed E-state index contributed by atoms with van der Waals surface area (Å²) in [6, 6.07) is 11.6. The van der Waals surface area contributed by atoms with Crippen LogP contribution < -0.4 is 10.1 Å². The third-order valence-corrected chi connectivity index (χ3v) is 4.39. The number of rotatable bonds is 6. The summed E-state index contributed by atoms with van der Waals surface area (Å²) in [5.41, 5.74) is 2.19. The average Bonchev–Trinajstić information content (AvgIpc) is 2.66. The number of fused-ring (bicyclic) bond motifs is 1. The fourth-order valence-electron chi connectivity index (χ4n) is 3.16. The topological polar surface area (TPSA) is 98.5 Å². The first kappa shape index (κ1) is 17.6.